The lowest BCUT2D eigenvalue weighted by Gasteiger charge is -2.30. The fourth-order valence-corrected chi connectivity index (χ4v) is 3.02. The lowest BCUT2D eigenvalue weighted by Crippen LogP contribution is -2.49. The molecule has 100 valence electrons. The highest BCUT2D eigenvalue weighted by Crippen LogP contribution is 2.48. The molecule has 0 aliphatic heterocycles. The number of allylic oxidation sites excluding steroid dienone is 2. The van der Waals surface area contributed by atoms with E-state index in [2.05, 4.69) is 5.32 Å². The highest BCUT2D eigenvalue weighted by Gasteiger charge is 2.52. The molecule has 2 aliphatic carbocycles. The zero-order chi connectivity index (χ0) is 13.5. The molecule has 0 aromatic carbocycles. The van der Waals surface area contributed by atoms with Crippen molar-refractivity contribution in [1.29, 1.82) is 0 Å². The minimum Gasteiger partial charge on any atom is -0.481 e. The van der Waals surface area contributed by atoms with E-state index in [0.717, 1.165) is 12.8 Å². The second-order valence-corrected chi connectivity index (χ2v) is 6.06. The van der Waals surface area contributed by atoms with Gasteiger partial charge in [-0.2, -0.15) is 0 Å². The second-order valence-electron chi connectivity index (χ2n) is 6.06. The van der Waals surface area contributed by atoms with Gasteiger partial charge in [0.15, 0.2) is 0 Å². The summed E-state index contributed by atoms with van der Waals surface area (Å²) in [5.41, 5.74) is -0.272. The quantitative estimate of drug-likeness (QED) is 0.749. The highest BCUT2D eigenvalue weighted by molar-refractivity contribution is 5.87. The Bertz CT molecular complexity index is 400. The van der Waals surface area contributed by atoms with Gasteiger partial charge in [-0.3, -0.25) is 9.59 Å². The fraction of sp³-hybridized carbons (Fsp3) is 0.714. The van der Waals surface area contributed by atoms with Crippen molar-refractivity contribution in [2.24, 2.45) is 23.7 Å². The van der Waals surface area contributed by atoms with Crippen LogP contribution in [0.5, 0.6) is 0 Å². The van der Waals surface area contributed by atoms with Gasteiger partial charge in [-0.1, -0.05) is 19.1 Å². The van der Waals surface area contributed by atoms with E-state index >= 15 is 0 Å². The minimum absolute atomic E-state index is 0.0352. The maximum Gasteiger partial charge on any atom is 0.307 e. The first kappa shape index (κ1) is 13.1. The molecule has 0 spiro atoms. The number of aliphatic carboxylic acids is 1. The van der Waals surface area contributed by atoms with Crippen molar-refractivity contribution < 1.29 is 14.7 Å². The predicted octanol–water partition coefficient (Wildman–Crippen LogP) is 1.81. The molecule has 4 unspecified atom stereocenters. The number of nitrogens with one attached hydrogen (secondary N) is 1. The van der Waals surface area contributed by atoms with Crippen molar-refractivity contribution in [3.05, 3.63) is 12.2 Å². The van der Waals surface area contributed by atoms with Gasteiger partial charge in [0.1, 0.15) is 0 Å². The smallest absolute Gasteiger partial charge is 0.307 e. The number of carbonyl (C=O) groups is 2. The van der Waals surface area contributed by atoms with E-state index in [1.165, 1.54) is 0 Å². The van der Waals surface area contributed by atoms with E-state index < -0.39 is 17.8 Å². The molecule has 0 aromatic heterocycles. The third-order valence-corrected chi connectivity index (χ3v) is 4.39. The third kappa shape index (κ3) is 2.16. The Balaban J connectivity index is 2.15. The summed E-state index contributed by atoms with van der Waals surface area (Å²) in [5.74, 6) is -1.76. The van der Waals surface area contributed by atoms with Crippen molar-refractivity contribution in [3.8, 4) is 0 Å². The summed E-state index contributed by atoms with van der Waals surface area (Å²) in [4.78, 5) is 23.6. The molecule has 0 heterocycles. The van der Waals surface area contributed by atoms with Crippen molar-refractivity contribution in [2.45, 2.75) is 39.2 Å². The summed E-state index contributed by atoms with van der Waals surface area (Å²) in [5, 5.41) is 12.3. The summed E-state index contributed by atoms with van der Waals surface area (Å²) in [7, 11) is 0. The van der Waals surface area contributed by atoms with Gasteiger partial charge in [-0.25, -0.2) is 0 Å². The summed E-state index contributed by atoms with van der Waals surface area (Å²) in [6, 6.07) is 0. The van der Waals surface area contributed by atoms with Crippen molar-refractivity contribution >= 4 is 11.9 Å². The van der Waals surface area contributed by atoms with Crippen LogP contribution in [0.3, 0.4) is 0 Å². The molecule has 4 atom stereocenters. The van der Waals surface area contributed by atoms with Crippen LogP contribution >= 0.6 is 0 Å². The molecule has 2 N–H and O–H groups in total. The monoisotopic (exact) mass is 251 g/mol. The average molecular weight is 251 g/mol. The molecule has 0 radical (unpaired) electrons. The molecule has 0 aromatic rings. The van der Waals surface area contributed by atoms with Crippen molar-refractivity contribution in [1.82, 2.24) is 5.32 Å². The van der Waals surface area contributed by atoms with E-state index in [1.807, 2.05) is 32.9 Å². The lowest BCUT2D eigenvalue weighted by atomic mass is 9.82. The molecule has 2 bridgehead atoms. The Labute approximate surface area is 107 Å². The maximum absolute atomic E-state index is 12.3. The van der Waals surface area contributed by atoms with Gasteiger partial charge in [0.05, 0.1) is 11.8 Å². The first-order valence-corrected chi connectivity index (χ1v) is 6.59. The Morgan fingerprint density at radius 2 is 1.83 bits per heavy atom. The van der Waals surface area contributed by atoms with E-state index in [1.54, 1.807) is 0 Å². The van der Waals surface area contributed by atoms with E-state index in [4.69, 9.17) is 0 Å². The van der Waals surface area contributed by atoms with Gasteiger partial charge in [0.2, 0.25) is 5.91 Å². The largest absolute Gasteiger partial charge is 0.481 e. The van der Waals surface area contributed by atoms with Gasteiger partial charge in [-0.05, 0) is 38.5 Å². The first-order valence-electron chi connectivity index (χ1n) is 6.59. The Hall–Kier alpha value is -1.32. The van der Waals surface area contributed by atoms with Crippen LogP contribution in [0.2, 0.25) is 0 Å². The number of amides is 1. The molecule has 4 nitrogen and oxygen atoms in total. The number of hydrogen-bond donors (Lipinski definition) is 2. The maximum atomic E-state index is 12.3. The second kappa shape index (κ2) is 4.41. The molecular weight excluding hydrogens is 230 g/mol. The third-order valence-electron chi connectivity index (χ3n) is 4.39. The molecule has 18 heavy (non-hydrogen) atoms. The number of fused-ring (bicyclic) bond motifs is 2. The zero-order valence-electron chi connectivity index (χ0n) is 11.1. The van der Waals surface area contributed by atoms with Crippen LogP contribution in [-0.4, -0.2) is 22.5 Å². The number of rotatable bonds is 4. The van der Waals surface area contributed by atoms with Crippen LogP contribution in [0.25, 0.3) is 0 Å². The molecule has 4 heteroatoms. The molecule has 1 amide bonds. The van der Waals surface area contributed by atoms with E-state index in [0.29, 0.717) is 0 Å². The molecule has 0 saturated heterocycles. The normalized spacial score (nSPS) is 33.7. The highest BCUT2D eigenvalue weighted by atomic mass is 16.4. The molecular formula is C14H21NO3. The van der Waals surface area contributed by atoms with Crippen LogP contribution in [0.1, 0.15) is 33.6 Å². The Kier molecular flexibility index (Phi) is 3.21. The topological polar surface area (TPSA) is 66.4 Å². The summed E-state index contributed by atoms with van der Waals surface area (Å²) >= 11 is 0. The number of carbonyl (C=O) groups excluding carboxylic acids is 1. The van der Waals surface area contributed by atoms with Gasteiger partial charge in [0.25, 0.3) is 0 Å². The summed E-state index contributed by atoms with van der Waals surface area (Å²) < 4.78 is 0. The van der Waals surface area contributed by atoms with Gasteiger partial charge in [0, 0.05) is 5.54 Å². The summed E-state index contributed by atoms with van der Waals surface area (Å²) in [6.07, 6.45) is 5.60. The van der Waals surface area contributed by atoms with Gasteiger partial charge in [-0.15, -0.1) is 0 Å². The first-order chi connectivity index (χ1) is 8.35. The van der Waals surface area contributed by atoms with Crippen molar-refractivity contribution in [2.75, 3.05) is 0 Å². The lowest BCUT2D eigenvalue weighted by molar-refractivity contribution is -0.148. The predicted molar refractivity (Wildman–Crippen MR) is 67.9 cm³/mol. The van der Waals surface area contributed by atoms with Crippen molar-refractivity contribution in [3.63, 3.8) is 0 Å². The minimum atomic E-state index is -0.846. The standard InChI is InChI=1S/C14H21NO3/c1-4-14(2,3)15-12(16)10-8-5-6-9(7-8)11(10)13(17)18/h5-6,8-11H,4,7H2,1-3H3,(H,15,16)(H,17,18). The van der Waals surface area contributed by atoms with E-state index in [-0.39, 0.29) is 23.3 Å². The SMILES string of the molecule is CCC(C)(C)NC(=O)C1C2C=CC(C2)C1C(=O)O. The fourth-order valence-electron chi connectivity index (χ4n) is 3.02. The van der Waals surface area contributed by atoms with Crippen LogP contribution in [0.4, 0.5) is 0 Å². The Morgan fingerprint density at radius 3 is 2.33 bits per heavy atom. The number of carboxylic acid groups (broad SMARTS) is 1. The van der Waals surface area contributed by atoms with Crippen LogP contribution in [0.15, 0.2) is 12.2 Å². The average Bonchev–Trinajstić information content (AvgIpc) is 2.87. The van der Waals surface area contributed by atoms with Crippen LogP contribution in [0, 0.1) is 23.7 Å². The summed E-state index contributed by atoms with van der Waals surface area (Å²) in [6.45, 7) is 5.93. The molecule has 1 saturated carbocycles. The van der Waals surface area contributed by atoms with E-state index in [9.17, 15) is 14.7 Å². The van der Waals surface area contributed by atoms with Gasteiger partial charge < -0.3 is 10.4 Å². The molecule has 1 fully saturated rings. The van der Waals surface area contributed by atoms with Gasteiger partial charge >= 0.3 is 5.97 Å². The van der Waals surface area contributed by atoms with Crippen LogP contribution < -0.4 is 5.32 Å². The number of hydrogen-bond acceptors (Lipinski definition) is 2. The van der Waals surface area contributed by atoms with Crippen LogP contribution in [-0.2, 0) is 9.59 Å². The molecule has 2 aliphatic rings. The Morgan fingerprint density at radius 1 is 1.28 bits per heavy atom. The zero-order valence-corrected chi connectivity index (χ0v) is 11.1. The molecule has 2 rings (SSSR count). The number of carboxylic acids is 1.